The third kappa shape index (κ3) is 15.7. The number of hydrogen-bond donors (Lipinski definition) is 1. The zero-order chi connectivity index (χ0) is 30.7. The summed E-state index contributed by atoms with van der Waals surface area (Å²) in [5, 5.41) is 9.23. The summed E-state index contributed by atoms with van der Waals surface area (Å²) < 4.78 is 58.5. The highest BCUT2D eigenvalue weighted by Crippen LogP contribution is 2.63. The van der Waals surface area contributed by atoms with E-state index in [1.165, 1.54) is 0 Å². The molecule has 39 heavy (non-hydrogen) atoms. The molecule has 12 nitrogen and oxygen atoms in total. The number of carbonyl (C=O) groups excluding carboxylic acids is 3. The maximum Gasteiger partial charge on any atom is 0.346 e. The van der Waals surface area contributed by atoms with Crippen LogP contribution in [0.4, 0.5) is 0 Å². The topological polar surface area (TPSA) is 161 Å². The molecule has 0 aliphatic carbocycles. The van der Waals surface area contributed by atoms with Crippen molar-refractivity contribution in [2.75, 3.05) is 39.1 Å². The van der Waals surface area contributed by atoms with Crippen molar-refractivity contribution in [2.24, 2.45) is 16.2 Å². The fourth-order valence-electron chi connectivity index (χ4n) is 2.28. The van der Waals surface area contributed by atoms with E-state index in [1.807, 2.05) is 0 Å². The van der Waals surface area contributed by atoms with Gasteiger partial charge in [-0.2, -0.15) is 0 Å². The van der Waals surface area contributed by atoms with Crippen LogP contribution in [0, 0.1) is 16.2 Å². The maximum absolute atomic E-state index is 13.8. The summed E-state index contributed by atoms with van der Waals surface area (Å²) in [5.41, 5.74) is -1.98. The van der Waals surface area contributed by atoms with Crippen molar-refractivity contribution >= 4 is 32.9 Å². The molecule has 0 bridgehead atoms. The third-order valence-corrected chi connectivity index (χ3v) is 10.4. The van der Waals surface area contributed by atoms with Crippen molar-refractivity contribution in [3.63, 3.8) is 0 Å². The van der Waals surface area contributed by atoms with Crippen LogP contribution in [0.3, 0.4) is 0 Å². The number of ether oxygens (including phenoxy) is 3. The van der Waals surface area contributed by atoms with E-state index >= 15 is 0 Å². The lowest BCUT2D eigenvalue weighted by Crippen LogP contribution is -2.25. The van der Waals surface area contributed by atoms with Crippen LogP contribution in [0.25, 0.3) is 0 Å². The minimum absolute atomic E-state index is 0.162. The largest absolute Gasteiger partial charge is 0.438 e. The lowest BCUT2D eigenvalue weighted by Gasteiger charge is -2.25. The van der Waals surface area contributed by atoms with Crippen LogP contribution < -0.4 is 0 Å². The number of hydrogen-bond acceptors (Lipinski definition) is 12. The number of aliphatic hydroxyl groups excluding tert-OH is 1. The monoisotopic (exact) mass is 600 g/mol. The predicted molar refractivity (Wildman–Crippen MR) is 145 cm³/mol. The van der Waals surface area contributed by atoms with E-state index < -0.39 is 75.4 Å². The lowest BCUT2D eigenvalue weighted by molar-refractivity contribution is -0.162. The van der Waals surface area contributed by atoms with Gasteiger partial charge in [0.25, 0.3) is 0 Å². The number of esters is 3. The van der Waals surface area contributed by atoms with E-state index in [9.17, 15) is 28.6 Å². The van der Waals surface area contributed by atoms with E-state index in [1.54, 1.807) is 75.3 Å². The van der Waals surface area contributed by atoms with E-state index in [-0.39, 0.29) is 19.2 Å². The van der Waals surface area contributed by atoms with E-state index in [4.69, 9.17) is 27.8 Å². The molecule has 0 saturated carbocycles. The molecule has 0 radical (unpaired) electrons. The van der Waals surface area contributed by atoms with E-state index in [0.717, 1.165) is 0 Å². The molecule has 0 fully saturated rings. The van der Waals surface area contributed by atoms with Gasteiger partial charge in [0.05, 0.1) is 22.9 Å². The second-order valence-electron chi connectivity index (χ2n) is 12.1. The predicted octanol–water partition coefficient (Wildman–Crippen LogP) is 5.43. The van der Waals surface area contributed by atoms with Crippen LogP contribution in [0.1, 0.15) is 75.7 Å². The van der Waals surface area contributed by atoms with Crippen molar-refractivity contribution in [1.29, 1.82) is 0 Å². The molecular formula is C25H46O12P2. The second-order valence-corrected chi connectivity index (χ2v) is 17.3. The fourth-order valence-corrected chi connectivity index (χ4v) is 7.33. The summed E-state index contributed by atoms with van der Waals surface area (Å²) in [6.45, 7) is 13.8. The third-order valence-electron chi connectivity index (χ3n) is 4.79. The summed E-state index contributed by atoms with van der Waals surface area (Å²) in [6.07, 6.45) is 1.62. The Morgan fingerprint density at radius 2 is 1.05 bits per heavy atom. The number of carbonyl (C=O) groups is 3. The molecule has 0 aliphatic heterocycles. The quantitative estimate of drug-likeness (QED) is 0.0835. The molecule has 0 aromatic heterocycles. The highest BCUT2D eigenvalue weighted by molar-refractivity contribution is 7.73. The number of allylic oxidation sites excluding steroid dienone is 1. The molecule has 1 atom stereocenters. The SMILES string of the molecule is C/C(=C\CCP(=O)(CP(=O)(OCOC(=O)C(C)(C)C)OCOC(=O)C(C)(C)C)OCOC(=O)C(C)(C)C)CO. The first kappa shape index (κ1) is 37.5. The molecule has 1 N–H and O–H groups in total. The van der Waals surface area contributed by atoms with Crippen LogP contribution in [-0.4, -0.2) is 62.1 Å². The zero-order valence-corrected chi connectivity index (χ0v) is 26.6. The Morgan fingerprint density at radius 3 is 1.38 bits per heavy atom. The summed E-state index contributed by atoms with van der Waals surface area (Å²) in [4.78, 5) is 36.3. The Bertz CT molecular complexity index is 916. The molecule has 0 aromatic rings. The first-order chi connectivity index (χ1) is 17.5. The van der Waals surface area contributed by atoms with E-state index in [2.05, 4.69) is 0 Å². The van der Waals surface area contributed by atoms with Crippen molar-refractivity contribution in [1.82, 2.24) is 0 Å². The van der Waals surface area contributed by atoms with Crippen LogP contribution in [-0.2, 0) is 51.3 Å². The smallest absolute Gasteiger partial charge is 0.346 e. The first-order valence-corrected chi connectivity index (χ1v) is 16.2. The Morgan fingerprint density at radius 1 is 0.692 bits per heavy atom. The molecule has 14 heteroatoms. The average Bonchev–Trinajstić information content (AvgIpc) is 2.76. The zero-order valence-electron chi connectivity index (χ0n) is 24.9. The van der Waals surface area contributed by atoms with Crippen LogP contribution in [0.2, 0.25) is 0 Å². The van der Waals surface area contributed by atoms with Gasteiger partial charge in [-0.15, -0.1) is 0 Å². The van der Waals surface area contributed by atoms with Gasteiger partial charge in [-0.1, -0.05) is 11.6 Å². The van der Waals surface area contributed by atoms with Crippen molar-refractivity contribution in [2.45, 2.75) is 75.7 Å². The van der Waals surface area contributed by atoms with Crippen molar-refractivity contribution in [3.05, 3.63) is 11.6 Å². The molecule has 0 spiro atoms. The normalized spacial score (nSPS) is 14.9. The van der Waals surface area contributed by atoms with Crippen molar-refractivity contribution in [3.8, 4) is 0 Å². The van der Waals surface area contributed by atoms with Gasteiger partial charge < -0.3 is 19.3 Å². The lowest BCUT2D eigenvalue weighted by atomic mass is 9.98. The Kier molecular flexibility index (Phi) is 14.8. The van der Waals surface area contributed by atoms with Gasteiger partial charge in [0.15, 0.2) is 6.79 Å². The molecule has 0 rings (SSSR count). The molecule has 228 valence electrons. The molecule has 0 aliphatic rings. The highest BCUT2D eigenvalue weighted by Gasteiger charge is 2.39. The van der Waals surface area contributed by atoms with E-state index in [0.29, 0.717) is 5.57 Å². The van der Waals surface area contributed by atoms with Gasteiger partial charge >= 0.3 is 25.5 Å². The second kappa shape index (κ2) is 15.5. The minimum Gasteiger partial charge on any atom is -0.438 e. The van der Waals surface area contributed by atoms with Gasteiger partial charge in [-0.25, -0.2) is 0 Å². The van der Waals surface area contributed by atoms with Gasteiger partial charge in [-0.3, -0.25) is 37.1 Å². The summed E-state index contributed by atoms with van der Waals surface area (Å²) in [6, 6.07) is 0. The molecule has 0 aromatic carbocycles. The fraction of sp³-hybridized carbons (Fsp3) is 0.800. The average molecular weight is 601 g/mol. The van der Waals surface area contributed by atoms with Gasteiger partial charge in [0.2, 0.25) is 21.0 Å². The number of aliphatic hydroxyl groups is 1. The Balaban J connectivity index is 5.85. The van der Waals surface area contributed by atoms with Gasteiger partial charge in [0, 0.05) is 6.16 Å². The van der Waals surface area contributed by atoms with Gasteiger partial charge in [-0.05, 0) is 75.7 Å². The summed E-state index contributed by atoms with van der Waals surface area (Å²) >= 11 is 0. The van der Waals surface area contributed by atoms with Crippen LogP contribution in [0.15, 0.2) is 11.6 Å². The maximum atomic E-state index is 13.8. The highest BCUT2D eigenvalue weighted by atomic mass is 31.2. The molecule has 1 unspecified atom stereocenters. The van der Waals surface area contributed by atoms with Crippen molar-refractivity contribution < 1.29 is 56.4 Å². The molecular weight excluding hydrogens is 554 g/mol. The Hall–Kier alpha value is -1.55. The first-order valence-electron chi connectivity index (χ1n) is 12.4. The summed E-state index contributed by atoms with van der Waals surface area (Å²) in [7, 11) is -8.28. The van der Waals surface area contributed by atoms with Gasteiger partial charge in [0.1, 0.15) is 5.90 Å². The molecule has 0 saturated heterocycles. The minimum atomic E-state index is -4.38. The number of rotatable bonds is 15. The summed E-state index contributed by atoms with van der Waals surface area (Å²) in [5.74, 6) is -2.69. The molecule has 0 heterocycles. The molecule has 0 amide bonds. The van der Waals surface area contributed by atoms with Crippen LogP contribution >= 0.6 is 15.0 Å². The van der Waals surface area contributed by atoms with Crippen LogP contribution in [0.5, 0.6) is 0 Å². The Labute approximate surface area is 232 Å². The standard InChI is InChI=1S/C25H46O12P2/c1-19(14-26)12-11-13-38(30,35-15-32-20(27)23(2,3)4)18-39(31,36-16-33-21(28)24(5,6)7)37-17-34-22(29)25(8,9)10/h12,26H,11,13-18H2,1-10H3/b19-12+.